The van der Waals surface area contributed by atoms with Crippen molar-refractivity contribution in [3.8, 4) is 5.75 Å². The molecule has 27 heavy (non-hydrogen) atoms. The van der Waals surface area contributed by atoms with Gasteiger partial charge in [0.25, 0.3) is 0 Å². The third-order valence-corrected chi connectivity index (χ3v) is 4.90. The van der Waals surface area contributed by atoms with Gasteiger partial charge in [0.2, 0.25) is 0 Å². The van der Waals surface area contributed by atoms with Crippen molar-refractivity contribution in [2.45, 2.75) is 51.7 Å². The number of hydrogen-bond donors (Lipinski definition) is 1. The summed E-state index contributed by atoms with van der Waals surface area (Å²) in [4.78, 5) is 14.0. The second-order valence-electron chi connectivity index (χ2n) is 7.01. The van der Waals surface area contributed by atoms with E-state index >= 15 is 0 Å². The second kappa shape index (κ2) is 11.3. The van der Waals surface area contributed by atoms with E-state index in [4.69, 9.17) is 14.2 Å². The van der Waals surface area contributed by atoms with Gasteiger partial charge in [-0.15, -0.1) is 0 Å². The van der Waals surface area contributed by atoms with E-state index in [1.165, 1.54) is 12.8 Å². The molecule has 1 aromatic rings. The van der Waals surface area contributed by atoms with Gasteiger partial charge in [-0.3, -0.25) is 4.79 Å². The fraction of sp³-hybridized carbons (Fsp3) is 0.667. The highest BCUT2D eigenvalue weighted by molar-refractivity contribution is 5.69. The molecule has 1 saturated heterocycles. The lowest BCUT2D eigenvalue weighted by Gasteiger charge is -2.23. The Labute approximate surface area is 162 Å². The summed E-state index contributed by atoms with van der Waals surface area (Å²) in [6.07, 6.45) is 2.62. The lowest BCUT2D eigenvalue weighted by atomic mass is 9.98. The SMILES string of the molecule is CCOC(=O)CCc1ccc(OC)cc1C(C)OCC(O)CN1CCCC1. The standard InChI is InChI=1S/C21H33NO5/c1-4-26-21(24)10-8-17-7-9-19(25-3)13-20(17)16(2)27-15-18(23)14-22-11-5-6-12-22/h7,9,13,16,18,23H,4-6,8,10-12,14-15H2,1-3H3. The zero-order valence-electron chi connectivity index (χ0n) is 16.8. The van der Waals surface area contributed by atoms with Crippen LogP contribution in [0.25, 0.3) is 0 Å². The number of benzene rings is 1. The monoisotopic (exact) mass is 379 g/mol. The Bertz CT molecular complexity index is 586. The molecule has 2 unspecified atom stereocenters. The summed E-state index contributed by atoms with van der Waals surface area (Å²) in [6.45, 7) is 7.21. The number of rotatable bonds is 11. The lowest BCUT2D eigenvalue weighted by molar-refractivity contribution is -0.143. The molecule has 1 fully saturated rings. The van der Waals surface area contributed by atoms with Crippen molar-refractivity contribution in [3.63, 3.8) is 0 Å². The summed E-state index contributed by atoms with van der Waals surface area (Å²) < 4.78 is 16.3. The van der Waals surface area contributed by atoms with E-state index in [9.17, 15) is 9.90 Å². The molecule has 0 bridgehead atoms. The average Bonchev–Trinajstić information content (AvgIpc) is 3.17. The second-order valence-corrected chi connectivity index (χ2v) is 7.01. The van der Waals surface area contributed by atoms with Gasteiger partial charge in [-0.25, -0.2) is 0 Å². The minimum Gasteiger partial charge on any atom is -0.497 e. The van der Waals surface area contributed by atoms with Crippen molar-refractivity contribution >= 4 is 5.97 Å². The van der Waals surface area contributed by atoms with E-state index in [1.54, 1.807) is 14.0 Å². The molecular formula is C21H33NO5. The van der Waals surface area contributed by atoms with E-state index in [-0.39, 0.29) is 18.7 Å². The first kappa shape index (κ1) is 21.7. The Morgan fingerprint density at radius 2 is 2.04 bits per heavy atom. The molecule has 0 saturated carbocycles. The summed E-state index contributed by atoms with van der Waals surface area (Å²) in [7, 11) is 1.63. The Hall–Kier alpha value is -1.63. The third kappa shape index (κ3) is 7.13. The number of β-amino-alcohol motifs (C(OH)–C–C–N with tert-alkyl or cyclic N) is 1. The summed E-state index contributed by atoms with van der Waals surface area (Å²) in [5.41, 5.74) is 2.01. The number of likely N-dealkylation sites (tertiary alicyclic amines) is 1. The molecule has 1 heterocycles. The smallest absolute Gasteiger partial charge is 0.306 e. The molecule has 152 valence electrons. The molecule has 2 rings (SSSR count). The number of esters is 1. The first-order chi connectivity index (χ1) is 13.0. The largest absolute Gasteiger partial charge is 0.497 e. The van der Waals surface area contributed by atoms with Gasteiger partial charge in [0.1, 0.15) is 5.75 Å². The van der Waals surface area contributed by atoms with Crippen LogP contribution in [-0.2, 0) is 20.7 Å². The highest BCUT2D eigenvalue weighted by atomic mass is 16.5. The van der Waals surface area contributed by atoms with E-state index in [0.29, 0.717) is 26.0 Å². The fourth-order valence-corrected chi connectivity index (χ4v) is 3.44. The van der Waals surface area contributed by atoms with Crippen LogP contribution in [0.15, 0.2) is 18.2 Å². The molecule has 1 aliphatic heterocycles. The Kier molecular flexibility index (Phi) is 9.04. The maximum Gasteiger partial charge on any atom is 0.306 e. The topological polar surface area (TPSA) is 68.2 Å². The number of aryl methyl sites for hydroxylation is 1. The number of aliphatic hydroxyl groups is 1. The molecule has 1 aliphatic rings. The average molecular weight is 379 g/mol. The molecule has 1 aromatic carbocycles. The van der Waals surface area contributed by atoms with Crippen LogP contribution in [0.5, 0.6) is 5.75 Å². The van der Waals surface area contributed by atoms with Crippen molar-refractivity contribution in [2.75, 3.05) is 40.0 Å². The number of nitrogens with zero attached hydrogens (tertiary/aromatic N) is 1. The number of methoxy groups -OCH3 is 1. The van der Waals surface area contributed by atoms with Gasteiger partial charge in [-0.2, -0.15) is 0 Å². The Balaban J connectivity index is 1.94. The van der Waals surface area contributed by atoms with Crippen LogP contribution >= 0.6 is 0 Å². The van der Waals surface area contributed by atoms with Crippen LogP contribution in [0.4, 0.5) is 0 Å². The quantitative estimate of drug-likeness (QED) is 0.596. The van der Waals surface area contributed by atoms with E-state index < -0.39 is 6.10 Å². The van der Waals surface area contributed by atoms with E-state index in [1.807, 2.05) is 25.1 Å². The fourth-order valence-electron chi connectivity index (χ4n) is 3.44. The summed E-state index contributed by atoms with van der Waals surface area (Å²) in [5.74, 6) is 0.548. The lowest BCUT2D eigenvalue weighted by Crippen LogP contribution is -2.33. The van der Waals surface area contributed by atoms with Gasteiger partial charge in [-0.1, -0.05) is 6.07 Å². The van der Waals surface area contributed by atoms with Gasteiger partial charge in [0, 0.05) is 13.0 Å². The van der Waals surface area contributed by atoms with Gasteiger partial charge >= 0.3 is 5.97 Å². The van der Waals surface area contributed by atoms with Crippen LogP contribution in [-0.4, -0.2) is 62.0 Å². The van der Waals surface area contributed by atoms with E-state index in [0.717, 1.165) is 30.0 Å². The van der Waals surface area contributed by atoms with E-state index in [2.05, 4.69) is 4.90 Å². The number of carbonyl (C=O) groups excluding carboxylic acids is 1. The van der Waals surface area contributed by atoms with Crippen molar-refractivity contribution in [1.29, 1.82) is 0 Å². The molecule has 2 atom stereocenters. The van der Waals surface area contributed by atoms with Crippen molar-refractivity contribution in [3.05, 3.63) is 29.3 Å². The Morgan fingerprint density at radius 1 is 1.30 bits per heavy atom. The summed E-state index contributed by atoms with van der Waals surface area (Å²) >= 11 is 0. The zero-order chi connectivity index (χ0) is 19.6. The molecule has 6 nitrogen and oxygen atoms in total. The van der Waals surface area contributed by atoms with Crippen molar-refractivity contribution in [1.82, 2.24) is 4.90 Å². The van der Waals surface area contributed by atoms with Crippen molar-refractivity contribution < 1.29 is 24.1 Å². The zero-order valence-corrected chi connectivity index (χ0v) is 16.8. The first-order valence-electron chi connectivity index (χ1n) is 9.88. The molecular weight excluding hydrogens is 346 g/mol. The molecule has 6 heteroatoms. The molecule has 0 aliphatic carbocycles. The number of ether oxygens (including phenoxy) is 3. The van der Waals surface area contributed by atoms with Crippen LogP contribution in [0, 0.1) is 0 Å². The molecule has 0 amide bonds. The summed E-state index contributed by atoms with van der Waals surface area (Å²) in [6, 6.07) is 5.80. The van der Waals surface area contributed by atoms with Crippen LogP contribution in [0.2, 0.25) is 0 Å². The van der Waals surface area contributed by atoms with Crippen LogP contribution in [0.1, 0.15) is 50.3 Å². The first-order valence-corrected chi connectivity index (χ1v) is 9.88. The highest BCUT2D eigenvalue weighted by Crippen LogP contribution is 2.27. The van der Waals surface area contributed by atoms with Crippen LogP contribution in [0.3, 0.4) is 0 Å². The number of hydrogen-bond acceptors (Lipinski definition) is 6. The van der Waals surface area contributed by atoms with Crippen molar-refractivity contribution in [2.24, 2.45) is 0 Å². The molecule has 1 N–H and O–H groups in total. The molecule has 0 radical (unpaired) electrons. The maximum atomic E-state index is 11.7. The highest BCUT2D eigenvalue weighted by Gasteiger charge is 2.19. The minimum absolute atomic E-state index is 0.200. The minimum atomic E-state index is -0.501. The van der Waals surface area contributed by atoms with Gasteiger partial charge in [0.15, 0.2) is 0 Å². The molecule has 0 aromatic heterocycles. The van der Waals surface area contributed by atoms with Gasteiger partial charge in [0.05, 0.1) is 32.5 Å². The maximum absolute atomic E-state index is 11.7. The third-order valence-electron chi connectivity index (χ3n) is 4.90. The predicted octanol–water partition coefficient (Wildman–Crippen LogP) is 2.73. The number of carbonyl (C=O) groups is 1. The number of aliphatic hydroxyl groups excluding tert-OH is 1. The normalized spacial score (nSPS) is 16.9. The molecule has 0 spiro atoms. The van der Waals surface area contributed by atoms with Gasteiger partial charge in [-0.05, 0) is 69.5 Å². The van der Waals surface area contributed by atoms with Gasteiger partial charge < -0.3 is 24.2 Å². The predicted molar refractivity (Wildman–Crippen MR) is 104 cm³/mol. The van der Waals surface area contributed by atoms with Crippen LogP contribution < -0.4 is 4.74 Å². The Morgan fingerprint density at radius 3 is 2.70 bits per heavy atom. The summed E-state index contributed by atoms with van der Waals surface area (Å²) in [5, 5.41) is 10.3.